The molecule has 0 unspecified atom stereocenters. The number of hydrogen-bond donors (Lipinski definition) is 1. The van der Waals surface area contributed by atoms with Crippen molar-refractivity contribution in [2.75, 3.05) is 26.4 Å². The van der Waals surface area contributed by atoms with Crippen molar-refractivity contribution >= 4 is 34.8 Å². The summed E-state index contributed by atoms with van der Waals surface area (Å²) in [7, 11) is 0. The van der Waals surface area contributed by atoms with Gasteiger partial charge in [-0.15, -0.1) is 0 Å². The molecule has 0 atom stereocenters. The lowest BCUT2D eigenvalue weighted by molar-refractivity contribution is 0.129. The third kappa shape index (κ3) is 8.52. The summed E-state index contributed by atoms with van der Waals surface area (Å²) < 4.78 is 17.3. The first-order valence-corrected chi connectivity index (χ1v) is 11.5. The van der Waals surface area contributed by atoms with Gasteiger partial charge in [0, 0.05) is 19.8 Å². The normalized spacial score (nSPS) is 11.0. The molecule has 0 amide bonds. The van der Waals surface area contributed by atoms with Crippen LogP contribution in [0.25, 0.3) is 0 Å². The summed E-state index contributed by atoms with van der Waals surface area (Å²) >= 11 is 18.6. The third-order valence-electron chi connectivity index (χ3n) is 4.35. The fourth-order valence-corrected chi connectivity index (χ4v) is 3.40. The number of unbranched alkanes of at least 4 members (excludes halogenated alkanes) is 1. The first kappa shape index (κ1) is 25.1. The van der Waals surface area contributed by atoms with Gasteiger partial charge in [0.2, 0.25) is 0 Å². The second kappa shape index (κ2) is 14.0. The predicted molar refractivity (Wildman–Crippen MR) is 125 cm³/mol. The molecule has 30 heavy (non-hydrogen) atoms. The van der Waals surface area contributed by atoms with Gasteiger partial charge >= 0.3 is 0 Å². The number of ether oxygens (including phenoxy) is 3. The Bertz CT molecular complexity index is 787. The first-order valence-electron chi connectivity index (χ1n) is 10.4. The summed E-state index contributed by atoms with van der Waals surface area (Å²) in [6.07, 6.45) is 3.25. The maximum absolute atomic E-state index is 6.50. The molecular weight excluding hydrogens is 445 g/mol. The van der Waals surface area contributed by atoms with E-state index in [0.717, 1.165) is 50.1 Å². The lowest BCUT2D eigenvalue weighted by Gasteiger charge is -2.16. The summed E-state index contributed by atoms with van der Waals surface area (Å²) in [4.78, 5) is 0. The number of nitrogens with one attached hydrogen (secondary N) is 1. The highest BCUT2D eigenvalue weighted by Gasteiger charge is 2.13. The zero-order valence-corrected chi connectivity index (χ0v) is 19.9. The van der Waals surface area contributed by atoms with Crippen LogP contribution in [-0.2, 0) is 17.9 Å². The van der Waals surface area contributed by atoms with E-state index in [2.05, 4.69) is 12.2 Å². The van der Waals surface area contributed by atoms with E-state index in [4.69, 9.17) is 49.0 Å². The molecule has 0 bridgehead atoms. The summed E-state index contributed by atoms with van der Waals surface area (Å²) in [6.45, 7) is 8.12. The summed E-state index contributed by atoms with van der Waals surface area (Å²) in [6, 6.07) is 9.26. The Labute approximate surface area is 194 Å². The minimum atomic E-state index is 0.312. The molecule has 0 fully saturated rings. The van der Waals surface area contributed by atoms with Crippen LogP contribution in [0.15, 0.2) is 30.3 Å². The minimum absolute atomic E-state index is 0.312. The fourth-order valence-electron chi connectivity index (χ4n) is 2.79. The molecule has 0 aliphatic heterocycles. The maximum Gasteiger partial charge on any atom is 0.180 e. The minimum Gasteiger partial charge on any atom is -0.490 e. The van der Waals surface area contributed by atoms with Crippen LogP contribution in [0.5, 0.6) is 11.5 Å². The van der Waals surface area contributed by atoms with Crippen LogP contribution in [-0.4, -0.2) is 26.4 Å². The van der Waals surface area contributed by atoms with Crippen LogP contribution >= 0.6 is 34.8 Å². The highest BCUT2D eigenvalue weighted by molar-refractivity contribution is 6.42. The Morgan fingerprint density at radius 3 is 2.33 bits per heavy atom. The average molecular weight is 475 g/mol. The van der Waals surface area contributed by atoms with Gasteiger partial charge in [-0.2, -0.15) is 0 Å². The molecule has 0 aromatic heterocycles. The van der Waals surface area contributed by atoms with Crippen LogP contribution in [0.1, 0.15) is 44.2 Å². The summed E-state index contributed by atoms with van der Waals surface area (Å²) in [5, 5.41) is 4.93. The van der Waals surface area contributed by atoms with E-state index in [9.17, 15) is 0 Å². The van der Waals surface area contributed by atoms with E-state index < -0.39 is 0 Å². The Balaban J connectivity index is 1.91. The molecule has 4 nitrogen and oxygen atoms in total. The largest absolute Gasteiger partial charge is 0.490 e. The van der Waals surface area contributed by atoms with Crippen molar-refractivity contribution in [3.05, 3.63) is 56.5 Å². The topological polar surface area (TPSA) is 39.7 Å². The smallest absolute Gasteiger partial charge is 0.180 e. The molecule has 0 saturated carbocycles. The molecule has 0 aliphatic carbocycles. The van der Waals surface area contributed by atoms with E-state index in [1.807, 2.05) is 25.1 Å². The zero-order valence-electron chi connectivity index (χ0n) is 17.6. The van der Waals surface area contributed by atoms with Gasteiger partial charge in [-0.3, -0.25) is 0 Å². The monoisotopic (exact) mass is 473 g/mol. The molecule has 2 aromatic carbocycles. The van der Waals surface area contributed by atoms with E-state index in [1.165, 1.54) is 0 Å². The molecule has 2 aromatic rings. The molecule has 0 spiro atoms. The van der Waals surface area contributed by atoms with Crippen molar-refractivity contribution in [1.29, 1.82) is 0 Å². The lowest BCUT2D eigenvalue weighted by Crippen LogP contribution is -2.16. The van der Waals surface area contributed by atoms with Crippen molar-refractivity contribution in [1.82, 2.24) is 5.32 Å². The van der Waals surface area contributed by atoms with Gasteiger partial charge in [0.1, 0.15) is 6.61 Å². The molecular formula is C23H30Cl3NO3. The third-order valence-corrected chi connectivity index (χ3v) is 5.37. The molecule has 1 N–H and O–H groups in total. The van der Waals surface area contributed by atoms with E-state index in [-0.39, 0.29) is 0 Å². The Kier molecular flexibility index (Phi) is 11.7. The Hall–Kier alpha value is -1.17. The lowest BCUT2D eigenvalue weighted by atomic mass is 10.2. The predicted octanol–water partition coefficient (Wildman–Crippen LogP) is 6.92. The molecule has 2 rings (SSSR count). The highest BCUT2D eigenvalue weighted by atomic mass is 35.5. The maximum atomic E-state index is 6.50. The summed E-state index contributed by atoms with van der Waals surface area (Å²) in [5.41, 5.74) is 1.94. The van der Waals surface area contributed by atoms with Crippen molar-refractivity contribution in [3.8, 4) is 11.5 Å². The fraction of sp³-hybridized carbons (Fsp3) is 0.478. The van der Waals surface area contributed by atoms with Gasteiger partial charge in [-0.25, -0.2) is 0 Å². The van der Waals surface area contributed by atoms with E-state index >= 15 is 0 Å². The molecule has 7 heteroatoms. The van der Waals surface area contributed by atoms with Crippen LogP contribution < -0.4 is 14.8 Å². The van der Waals surface area contributed by atoms with Crippen molar-refractivity contribution in [2.45, 2.75) is 46.3 Å². The van der Waals surface area contributed by atoms with E-state index in [1.54, 1.807) is 12.1 Å². The van der Waals surface area contributed by atoms with Crippen LogP contribution in [0, 0.1) is 0 Å². The van der Waals surface area contributed by atoms with Gasteiger partial charge in [-0.05, 0) is 61.7 Å². The molecule has 0 saturated heterocycles. The molecule has 166 valence electrons. The molecule has 0 radical (unpaired) electrons. The van der Waals surface area contributed by atoms with Gasteiger partial charge in [0.25, 0.3) is 0 Å². The van der Waals surface area contributed by atoms with Gasteiger partial charge in [0.15, 0.2) is 11.5 Å². The van der Waals surface area contributed by atoms with Gasteiger partial charge < -0.3 is 19.5 Å². The van der Waals surface area contributed by atoms with Crippen LogP contribution in [0.4, 0.5) is 0 Å². The van der Waals surface area contributed by atoms with Crippen LogP contribution in [0.2, 0.25) is 15.1 Å². The van der Waals surface area contributed by atoms with Crippen molar-refractivity contribution in [2.24, 2.45) is 0 Å². The van der Waals surface area contributed by atoms with Crippen molar-refractivity contribution in [3.63, 3.8) is 0 Å². The SMILES string of the molecule is CCCCOCCCNCc1cc(Cl)c(OCc2ccc(Cl)c(Cl)c2)c(OCC)c1. The number of rotatable bonds is 14. The summed E-state index contributed by atoms with van der Waals surface area (Å²) in [5.74, 6) is 1.16. The average Bonchev–Trinajstić information content (AvgIpc) is 2.72. The van der Waals surface area contributed by atoms with E-state index in [0.29, 0.717) is 46.3 Å². The standard InChI is InChI=1S/C23H30Cl3NO3/c1-3-5-10-28-11-6-9-27-15-18-13-21(26)23(22(14-18)29-4-2)30-16-17-7-8-19(24)20(25)12-17/h7-8,12-14,27H,3-6,9-11,15-16H2,1-2H3. The Morgan fingerprint density at radius 2 is 1.60 bits per heavy atom. The Morgan fingerprint density at radius 1 is 0.833 bits per heavy atom. The second-order valence-corrected chi connectivity index (χ2v) is 8.09. The van der Waals surface area contributed by atoms with Crippen LogP contribution in [0.3, 0.4) is 0 Å². The van der Waals surface area contributed by atoms with Crippen molar-refractivity contribution < 1.29 is 14.2 Å². The number of halogens is 3. The molecule has 0 aliphatic rings. The zero-order chi connectivity index (χ0) is 21.8. The van der Waals surface area contributed by atoms with Gasteiger partial charge in [0.05, 0.1) is 21.7 Å². The second-order valence-electron chi connectivity index (χ2n) is 6.87. The first-order chi connectivity index (χ1) is 14.5. The quantitative estimate of drug-likeness (QED) is 0.302. The number of benzene rings is 2. The highest BCUT2D eigenvalue weighted by Crippen LogP contribution is 2.37. The van der Waals surface area contributed by atoms with Gasteiger partial charge in [-0.1, -0.05) is 54.2 Å². The number of hydrogen-bond acceptors (Lipinski definition) is 4. The molecule has 0 heterocycles.